The van der Waals surface area contributed by atoms with E-state index in [0.717, 1.165) is 5.56 Å². The molecule has 1 aromatic carbocycles. The van der Waals surface area contributed by atoms with Gasteiger partial charge in [-0.1, -0.05) is 30.3 Å². The molecule has 1 aliphatic heterocycles. The molecule has 6 heteroatoms. The van der Waals surface area contributed by atoms with Gasteiger partial charge in [0, 0.05) is 26.2 Å². The first-order chi connectivity index (χ1) is 9.41. The molecule has 0 saturated carbocycles. The molecule has 0 N–H and O–H groups in total. The highest BCUT2D eigenvalue weighted by molar-refractivity contribution is 7.88. The average molecular weight is 296 g/mol. The Bertz CT molecular complexity index is 565. The third kappa shape index (κ3) is 3.37. The molecule has 1 amide bonds. The van der Waals surface area contributed by atoms with E-state index in [9.17, 15) is 13.2 Å². The largest absolute Gasteiger partial charge is 0.338 e. The first kappa shape index (κ1) is 15.0. The summed E-state index contributed by atoms with van der Waals surface area (Å²) >= 11 is 0. The SMILES string of the molecule is CCN(Cc1ccccc1)C(=O)C1CN(S(C)(=O)=O)C1. The average Bonchev–Trinajstić information content (AvgIpc) is 2.33. The molecule has 0 aromatic heterocycles. The van der Waals surface area contributed by atoms with Crippen LogP contribution in [-0.4, -0.2) is 49.4 Å². The molecular formula is C14H20N2O3S. The minimum absolute atomic E-state index is 0.0382. The fraction of sp³-hybridized carbons (Fsp3) is 0.500. The second-order valence-corrected chi connectivity index (χ2v) is 7.10. The van der Waals surface area contributed by atoms with Crippen molar-refractivity contribution in [3.8, 4) is 0 Å². The van der Waals surface area contributed by atoms with Gasteiger partial charge in [0.2, 0.25) is 15.9 Å². The van der Waals surface area contributed by atoms with Gasteiger partial charge in [-0.05, 0) is 12.5 Å². The summed E-state index contributed by atoms with van der Waals surface area (Å²) in [6.07, 6.45) is 1.18. The summed E-state index contributed by atoms with van der Waals surface area (Å²) in [5.74, 6) is -0.162. The van der Waals surface area contributed by atoms with Gasteiger partial charge in [-0.2, -0.15) is 0 Å². The standard InChI is InChI=1S/C14H20N2O3S/c1-3-15(9-12-7-5-4-6-8-12)14(17)13-10-16(11-13)20(2,18)19/h4-8,13H,3,9-11H2,1-2H3. The monoisotopic (exact) mass is 296 g/mol. The Morgan fingerprint density at radius 1 is 1.30 bits per heavy atom. The highest BCUT2D eigenvalue weighted by Crippen LogP contribution is 2.21. The van der Waals surface area contributed by atoms with Gasteiger partial charge in [-0.15, -0.1) is 0 Å². The van der Waals surface area contributed by atoms with Crippen LogP contribution in [0.5, 0.6) is 0 Å². The number of carbonyl (C=O) groups excluding carboxylic acids is 1. The van der Waals surface area contributed by atoms with Crippen LogP contribution in [-0.2, 0) is 21.4 Å². The Labute approximate surface area is 120 Å². The van der Waals surface area contributed by atoms with Crippen molar-refractivity contribution in [1.29, 1.82) is 0 Å². The number of hydrogen-bond donors (Lipinski definition) is 0. The van der Waals surface area contributed by atoms with Gasteiger partial charge in [0.05, 0.1) is 12.2 Å². The molecule has 1 saturated heterocycles. The van der Waals surface area contributed by atoms with Crippen molar-refractivity contribution >= 4 is 15.9 Å². The molecule has 0 aliphatic carbocycles. The summed E-state index contributed by atoms with van der Waals surface area (Å²) in [5.41, 5.74) is 1.09. The fourth-order valence-electron chi connectivity index (χ4n) is 2.27. The van der Waals surface area contributed by atoms with E-state index in [-0.39, 0.29) is 11.8 Å². The van der Waals surface area contributed by atoms with Crippen LogP contribution in [0.3, 0.4) is 0 Å². The zero-order valence-corrected chi connectivity index (χ0v) is 12.6. The topological polar surface area (TPSA) is 57.7 Å². The number of rotatable bonds is 5. The first-order valence-corrected chi connectivity index (χ1v) is 8.54. The van der Waals surface area contributed by atoms with E-state index in [1.54, 1.807) is 4.90 Å². The second-order valence-electron chi connectivity index (χ2n) is 5.11. The third-order valence-corrected chi connectivity index (χ3v) is 4.81. The summed E-state index contributed by atoms with van der Waals surface area (Å²) in [6.45, 7) is 3.76. The van der Waals surface area contributed by atoms with Crippen LogP contribution in [0.1, 0.15) is 12.5 Å². The lowest BCUT2D eigenvalue weighted by Crippen LogP contribution is -2.55. The Morgan fingerprint density at radius 3 is 2.40 bits per heavy atom. The normalized spacial score (nSPS) is 16.7. The van der Waals surface area contributed by atoms with E-state index >= 15 is 0 Å². The van der Waals surface area contributed by atoms with E-state index in [0.29, 0.717) is 26.2 Å². The smallest absolute Gasteiger partial charge is 0.228 e. The third-order valence-electron chi connectivity index (χ3n) is 3.58. The molecule has 1 aliphatic rings. The minimum atomic E-state index is -3.16. The van der Waals surface area contributed by atoms with Crippen molar-refractivity contribution < 1.29 is 13.2 Å². The lowest BCUT2D eigenvalue weighted by molar-refractivity contribution is -0.139. The maximum Gasteiger partial charge on any atom is 0.228 e. The zero-order chi connectivity index (χ0) is 14.8. The number of amides is 1. The molecule has 5 nitrogen and oxygen atoms in total. The molecule has 1 heterocycles. The summed E-state index contributed by atoms with van der Waals surface area (Å²) < 4.78 is 24.0. The van der Waals surface area contributed by atoms with Gasteiger partial charge < -0.3 is 4.90 Å². The van der Waals surface area contributed by atoms with Crippen LogP contribution in [0.4, 0.5) is 0 Å². The fourth-order valence-corrected chi connectivity index (χ4v) is 3.17. The highest BCUT2D eigenvalue weighted by atomic mass is 32.2. The lowest BCUT2D eigenvalue weighted by atomic mass is 10.0. The second kappa shape index (κ2) is 5.93. The van der Waals surface area contributed by atoms with Crippen molar-refractivity contribution in [3.05, 3.63) is 35.9 Å². The molecule has 0 bridgehead atoms. The van der Waals surface area contributed by atoms with Crippen LogP contribution in [0.25, 0.3) is 0 Å². The van der Waals surface area contributed by atoms with Gasteiger partial charge in [0.15, 0.2) is 0 Å². The molecule has 110 valence electrons. The number of carbonyl (C=O) groups is 1. The van der Waals surface area contributed by atoms with Crippen molar-refractivity contribution in [1.82, 2.24) is 9.21 Å². The molecule has 0 spiro atoms. The molecule has 0 unspecified atom stereocenters. The Balaban J connectivity index is 1.94. The Kier molecular flexibility index (Phi) is 4.45. The summed E-state index contributed by atoms with van der Waals surface area (Å²) in [4.78, 5) is 14.1. The molecule has 2 rings (SSSR count). The quantitative estimate of drug-likeness (QED) is 0.812. The van der Waals surface area contributed by atoms with Gasteiger partial charge in [-0.3, -0.25) is 4.79 Å². The highest BCUT2D eigenvalue weighted by Gasteiger charge is 2.39. The van der Waals surface area contributed by atoms with Gasteiger partial charge in [0.25, 0.3) is 0 Å². The number of hydrogen-bond acceptors (Lipinski definition) is 3. The van der Waals surface area contributed by atoms with Gasteiger partial charge >= 0.3 is 0 Å². The number of sulfonamides is 1. The van der Waals surface area contributed by atoms with Crippen LogP contribution < -0.4 is 0 Å². The lowest BCUT2D eigenvalue weighted by Gasteiger charge is -2.38. The zero-order valence-electron chi connectivity index (χ0n) is 11.8. The van der Waals surface area contributed by atoms with E-state index in [2.05, 4.69) is 0 Å². The molecular weight excluding hydrogens is 276 g/mol. The number of benzene rings is 1. The van der Waals surface area contributed by atoms with Crippen LogP contribution in [0.15, 0.2) is 30.3 Å². The van der Waals surface area contributed by atoms with Crippen LogP contribution in [0, 0.1) is 5.92 Å². The maximum atomic E-state index is 12.3. The Hall–Kier alpha value is -1.40. The van der Waals surface area contributed by atoms with E-state index in [1.165, 1.54) is 10.6 Å². The molecule has 0 atom stereocenters. The number of nitrogens with zero attached hydrogens (tertiary/aromatic N) is 2. The van der Waals surface area contributed by atoms with Crippen molar-refractivity contribution in [2.45, 2.75) is 13.5 Å². The van der Waals surface area contributed by atoms with Gasteiger partial charge in [0.1, 0.15) is 0 Å². The van der Waals surface area contributed by atoms with Gasteiger partial charge in [-0.25, -0.2) is 12.7 Å². The summed E-state index contributed by atoms with van der Waals surface area (Å²) in [6, 6.07) is 9.81. The van der Waals surface area contributed by atoms with E-state index in [4.69, 9.17) is 0 Å². The van der Waals surface area contributed by atoms with Crippen molar-refractivity contribution in [2.24, 2.45) is 5.92 Å². The Morgan fingerprint density at radius 2 is 1.90 bits per heavy atom. The van der Waals surface area contributed by atoms with Crippen molar-refractivity contribution in [2.75, 3.05) is 25.9 Å². The molecule has 1 fully saturated rings. The minimum Gasteiger partial charge on any atom is -0.338 e. The predicted molar refractivity (Wildman–Crippen MR) is 77.4 cm³/mol. The summed E-state index contributed by atoms with van der Waals surface area (Å²) in [5, 5.41) is 0. The first-order valence-electron chi connectivity index (χ1n) is 6.69. The predicted octanol–water partition coefficient (Wildman–Crippen LogP) is 0.927. The maximum absolute atomic E-state index is 12.3. The van der Waals surface area contributed by atoms with Crippen LogP contribution >= 0.6 is 0 Å². The van der Waals surface area contributed by atoms with E-state index < -0.39 is 10.0 Å². The summed E-state index contributed by atoms with van der Waals surface area (Å²) in [7, 11) is -3.16. The van der Waals surface area contributed by atoms with E-state index in [1.807, 2.05) is 37.3 Å². The van der Waals surface area contributed by atoms with Crippen LogP contribution in [0.2, 0.25) is 0 Å². The molecule has 20 heavy (non-hydrogen) atoms. The molecule has 0 radical (unpaired) electrons. The molecule has 1 aromatic rings. The van der Waals surface area contributed by atoms with Crippen molar-refractivity contribution in [3.63, 3.8) is 0 Å².